The van der Waals surface area contributed by atoms with Gasteiger partial charge in [-0.05, 0) is 30.2 Å². The van der Waals surface area contributed by atoms with Crippen LogP contribution in [-0.4, -0.2) is 24.4 Å². The zero-order valence-electron chi connectivity index (χ0n) is 11.1. The molecule has 1 aromatic rings. The Bertz CT molecular complexity index is 429. The van der Waals surface area contributed by atoms with E-state index in [4.69, 9.17) is 16.3 Å². The Kier molecular flexibility index (Phi) is 6.36. The summed E-state index contributed by atoms with van der Waals surface area (Å²) in [7, 11) is 0. The summed E-state index contributed by atoms with van der Waals surface area (Å²) in [4.78, 5) is 23.0. The molecule has 0 radical (unpaired) electrons. The highest BCUT2D eigenvalue weighted by atomic mass is 35.5. The Labute approximate surface area is 118 Å². The molecule has 1 N–H and O–H groups in total. The number of alkyl halides is 1. The van der Waals surface area contributed by atoms with E-state index in [1.165, 1.54) is 0 Å². The van der Waals surface area contributed by atoms with Gasteiger partial charge in [0.15, 0.2) is 0 Å². The summed E-state index contributed by atoms with van der Waals surface area (Å²) in [6.45, 7) is 4.35. The molecular formula is C14H18ClNO3. The van der Waals surface area contributed by atoms with E-state index in [9.17, 15) is 9.59 Å². The fourth-order valence-electron chi connectivity index (χ4n) is 1.32. The maximum absolute atomic E-state index is 11.7. The minimum Gasteiger partial charge on any atom is -0.462 e. The largest absolute Gasteiger partial charge is 0.462 e. The first-order valence-electron chi connectivity index (χ1n) is 6.16. The lowest BCUT2D eigenvalue weighted by atomic mass is 10.2. The Balaban J connectivity index is 2.56. The second-order valence-corrected chi connectivity index (χ2v) is 4.93. The topological polar surface area (TPSA) is 55.4 Å². The number of anilines is 1. The SMILES string of the molecule is CC(C)COC(=O)c1ccc(NC(=O)CCCl)cc1. The van der Waals surface area contributed by atoms with Gasteiger partial charge in [0.25, 0.3) is 0 Å². The zero-order valence-corrected chi connectivity index (χ0v) is 11.9. The molecule has 0 aliphatic carbocycles. The molecule has 0 unspecified atom stereocenters. The fourth-order valence-corrected chi connectivity index (χ4v) is 1.50. The summed E-state index contributed by atoms with van der Waals surface area (Å²) in [5, 5.41) is 2.68. The molecule has 19 heavy (non-hydrogen) atoms. The van der Waals surface area contributed by atoms with Gasteiger partial charge in [-0.3, -0.25) is 4.79 Å². The van der Waals surface area contributed by atoms with Gasteiger partial charge >= 0.3 is 5.97 Å². The van der Waals surface area contributed by atoms with Crippen molar-refractivity contribution in [3.8, 4) is 0 Å². The summed E-state index contributed by atoms with van der Waals surface area (Å²) < 4.78 is 5.11. The summed E-state index contributed by atoms with van der Waals surface area (Å²) in [6, 6.07) is 6.58. The Hall–Kier alpha value is -1.55. The van der Waals surface area contributed by atoms with Gasteiger partial charge in [0.05, 0.1) is 12.2 Å². The third kappa shape index (κ3) is 5.75. The number of ether oxygens (including phenoxy) is 1. The molecule has 0 atom stereocenters. The Morgan fingerprint density at radius 2 is 1.89 bits per heavy atom. The Morgan fingerprint density at radius 1 is 1.26 bits per heavy atom. The highest BCUT2D eigenvalue weighted by molar-refractivity contribution is 6.19. The van der Waals surface area contributed by atoms with Crippen LogP contribution in [-0.2, 0) is 9.53 Å². The van der Waals surface area contributed by atoms with Crippen LogP contribution >= 0.6 is 11.6 Å². The van der Waals surface area contributed by atoms with Gasteiger partial charge in [0.1, 0.15) is 0 Å². The summed E-state index contributed by atoms with van der Waals surface area (Å²) in [5.41, 5.74) is 1.10. The van der Waals surface area contributed by atoms with Gasteiger partial charge in [-0.25, -0.2) is 4.79 Å². The van der Waals surface area contributed by atoms with Crippen molar-refractivity contribution in [1.82, 2.24) is 0 Å². The number of nitrogens with one attached hydrogen (secondary N) is 1. The van der Waals surface area contributed by atoms with E-state index in [0.29, 0.717) is 23.8 Å². The predicted octanol–water partition coefficient (Wildman–Crippen LogP) is 3.07. The molecule has 1 amide bonds. The van der Waals surface area contributed by atoms with Crippen LogP contribution in [0.2, 0.25) is 0 Å². The third-order valence-corrected chi connectivity index (χ3v) is 2.46. The second kappa shape index (κ2) is 7.79. The van der Waals surface area contributed by atoms with Gasteiger partial charge in [-0.15, -0.1) is 11.6 Å². The molecule has 0 saturated heterocycles. The molecular weight excluding hydrogens is 266 g/mol. The zero-order chi connectivity index (χ0) is 14.3. The van der Waals surface area contributed by atoms with Crippen molar-refractivity contribution in [2.24, 2.45) is 5.92 Å². The lowest BCUT2D eigenvalue weighted by Gasteiger charge is -2.08. The van der Waals surface area contributed by atoms with Crippen LogP contribution in [0.15, 0.2) is 24.3 Å². The van der Waals surface area contributed by atoms with Crippen LogP contribution in [0.5, 0.6) is 0 Å². The number of carbonyl (C=O) groups is 2. The summed E-state index contributed by atoms with van der Waals surface area (Å²) in [6.07, 6.45) is 0.264. The molecule has 0 bridgehead atoms. The van der Waals surface area contributed by atoms with E-state index in [1.807, 2.05) is 13.8 Å². The van der Waals surface area contributed by atoms with E-state index < -0.39 is 0 Å². The predicted molar refractivity (Wildman–Crippen MR) is 75.5 cm³/mol. The smallest absolute Gasteiger partial charge is 0.338 e. The number of esters is 1. The average molecular weight is 284 g/mol. The maximum Gasteiger partial charge on any atom is 0.338 e. The van der Waals surface area contributed by atoms with Crippen LogP contribution in [0, 0.1) is 5.92 Å². The first-order chi connectivity index (χ1) is 9.02. The van der Waals surface area contributed by atoms with E-state index in [-0.39, 0.29) is 24.2 Å². The number of hydrogen-bond acceptors (Lipinski definition) is 3. The van der Waals surface area contributed by atoms with E-state index in [2.05, 4.69) is 5.32 Å². The van der Waals surface area contributed by atoms with Crippen molar-refractivity contribution in [2.45, 2.75) is 20.3 Å². The van der Waals surface area contributed by atoms with Crippen molar-refractivity contribution in [1.29, 1.82) is 0 Å². The summed E-state index contributed by atoms with van der Waals surface area (Å²) in [5.74, 6) is 0.0846. The fraction of sp³-hybridized carbons (Fsp3) is 0.429. The molecule has 4 nitrogen and oxygen atoms in total. The third-order valence-electron chi connectivity index (χ3n) is 2.27. The molecule has 1 rings (SSSR count). The number of hydrogen-bond donors (Lipinski definition) is 1. The number of rotatable bonds is 6. The Morgan fingerprint density at radius 3 is 2.42 bits per heavy atom. The molecule has 0 aromatic heterocycles. The van der Waals surface area contributed by atoms with Gasteiger partial charge in [-0.2, -0.15) is 0 Å². The average Bonchev–Trinajstić information content (AvgIpc) is 2.37. The number of halogens is 1. The molecule has 0 spiro atoms. The molecule has 0 saturated carbocycles. The van der Waals surface area contributed by atoms with Gasteiger partial charge < -0.3 is 10.1 Å². The van der Waals surface area contributed by atoms with Gasteiger partial charge in [0.2, 0.25) is 5.91 Å². The van der Waals surface area contributed by atoms with Gasteiger partial charge in [0, 0.05) is 18.0 Å². The van der Waals surface area contributed by atoms with Crippen LogP contribution < -0.4 is 5.32 Å². The van der Waals surface area contributed by atoms with Crippen molar-refractivity contribution in [2.75, 3.05) is 17.8 Å². The monoisotopic (exact) mass is 283 g/mol. The van der Waals surface area contributed by atoms with Crippen LogP contribution in [0.4, 0.5) is 5.69 Å². The van der Waals surface area contributed by atoms with Crippen LogP contribution in [0.25, 0.3) is 0 Å². The van der Waals surface area contributed by atoms with Crippen molar-refractivity contribution in [3.63, 3.8) is 0 Å². The van der Waals surface area contributed by atoms with E-state index in [0.717, 1.165) is 0 Å². The second-order valence-electron chi connectivity index (χ2n) is 4.56. The first-order valence-corrected chi connectivity index (χ1v) is 6.69. The quantitative estimate of drug-likeness (QED) is 0.645. The number of carbonyl (C=O) groups excluding carboxylic acids is 2. The van der Waals surface area contributed by atoms with E-state index >= 15 is 0 Å². The number of amides is 1. The van der Waals surface area contributed by atoms with Crippen molar-refractivity contribution >= 4 is 29.2 Å². The molecule has 0 aliphatic heterocycles. The minimum absolute atomic E-state index is 0.148. The normalized spacial score (nSPS) is 10.3. The van der Waals surface area contributed by atoms with Crippen molar-refractivity contribution in [3.05, 3.63) is 29.8 Å². The van der Waals surface area contributed by atoms with E-state index in [1.54, 1.807) is 24.3 Å². The highest BCUT2D eigenvalue weighted by Gasteiger charge is 2.08. The first kappa shape index (κ1) is 15.5. The van der Waals surface area contributed by atoms with Gasteiger partial charge in [-0.1, -0.05) is 13.8 Å². The lowest BCUT2D eigenvalue weighted by molar-refractivity contribution is -0.115. The molecule has 1 aromatic carbocycles. The molecule has 0 heterocycles. The lowest BCUT2D eigenvalue weighted by Crippen LogP contribution is -2.12. The van der Waals surface area contributed by atoms with Crippen LogP contribution in [0.1, 0.15) is 30.6 Å². The minimum atomic E-state index is -0.354. The highest BCUT2D eigenvalue weighted by Crippen LogP contribution is 2.11. The maximum atomic E-state index is 11.7. The number of benzene rings is 1. The molecule has 5 heteroatoms. The van der Waals surface area contributed by atoms with Crippen LogP contribution in [0.3, 0.4) is 0 Å². The van der Waals surface area contributed by atoms with Crippen molar-refractivity contribution < 1.29 is 14.3 Å². The standard InChI is InChI=1S/C14H18ClNO3/c1-10(2)9-19-14(18)11-3-5-12(6-4-11)16-13(17)7-8-15/h3-6,10H,7-9H2,1-2H3,(H,16,17). The summed E-state index contributed by atoms with van der Waals surface area (Å²) >= 11 is 5.47. The molecule has 0 aliphatic rings. The molecule has 104 valence electrons. The molecule has 0 fully saturated rings.